The molecule has 2 aliphatic heterocycles. The summed E-state index contributed by atoms with van der Waals surface area (Å²) >= 11 is 1.44. The highest BCUT2D eigenvalue weighted by molar-refractivity contribution is 7.91. The van der Waals surface area contributed by atoms with Crippen LogP contribution in [0.2, 0.25) is 0 Å². The minimum Gasteiger partial charge on any atom is -0.507 e. The van der Waals surface area contributed by atoms with Crippen molar-refractivity contribution in [2.75, 3.05) is 11.9 Å². The number of allylic oxidation sites excluding steroid dienone is 1. The van der Waals surface area contributed by atoms with E-state index < -0.39 is 56.7 Å². The van der Waals surface area contributed by atoms with Crippen LogP contribution in [0.15, 0.2) is 48.5 Å². The zero-order valence-corrected chi connectivity index (χ0v) is 31.0. The summed E-state index contributed by atoms with van der Waals surface area (Å²) < 4.78 is 34.2. The number of sulfonamides is 1. The van der Waals surface area contributed by atoms with Crippen molar-refractivity contribution in [1.82, 2.24) is 24.9 Å². The molecule has 15 heteroatoms. The van der Waals surface area contributed by atoms with Gasteiger partial charge in [0, 0.05) is 34.9 Å². The molecule has 0 unspecified atom stereocenters. The highest BCUT2D eigenvalue weighted by atomic mass is 32.2. The number of aryl methyl sites for hydroxylation is 1. The number of thiazole rings is 1. The molecule has 280 valence electrons. The Balaban J connectivity index is 1.15. The summed E-state index contributed by atoms with van der Waals surface area (Å²) in [5.41, 5.74) is -0.0172. The van der Waals surface area contributed by atoms with Crippen LogP contribution >= 0.6 is 11.3 Å². The largest absolute Gasteiger partial charge is 0.507 e. The van der Waals surface area contributed by atoms with Crippen LogP contribution in [-0.4, -0.2) is 81.6 Å². The second-order valence-electron chi connectivity index (χ2n) is 15.0. The lowest BCUT2D eigenvalue weighted by molar-refractivity contribution is -0.141. The van der Waals surface area contributed by atoms with Gasteiger partial charge in [0.1, 0.15) is 29.5 Å². The zero-order valence-electron chi connectivity index (χ0n) is 29.3. The van der Waals surface area contributed by atoms with Crippen LogP contribution in [0.5, 0.6) is 11.6 Å². The molecule has 8 rings (SSSR count). The van der Waals surface area contributed by atoms with E-state index in [1.807, 2.05) is 23.6 Å². The lowest BCUT2D eigenvalue weighted by Gasteiger charge is -2.34. The van der Waals surface area contributed by atoms with Crippen molar-refractivity contribution in [2.24, 2.45) is 11.8 Å². The number of nitrogens with one attached hydrogen (secondary N) is 3. The summed E-state index contributed by atoms with van der Waals surface area (Å²) in [7, 11) is -3.87. The Bertz CT molecular complexity index is 2090. The van der Waals surface area contributed by atoms with Crippen molar-refractivity contribution in [2.45, 2.75) is 99.6 Å². The van der Waals surface area contributed by atoms with Crippen LogP contribution in [-0.2, 0) is 30.8 Å². The van der Waals surface area contributed by atoms with Crippen LogP contribution in [0.4, 0.5) is 5.13 Å². The van der Waals surface area contributed by atoms with E-state index in [0.29, 0.717) is 53.0 Å². The summed E-state index contributed by atoms with van der Waals surface area (Å²) in [6.45, 7) is 3.89. The molecule has 3 aliphatic carbocycles. The van der Waals surface area contributed by atoms with Crippen LogP contribution in [0, 0.1) is 11.8 Å². The molecule has 4 N–H and O–H groups in total. The van der Waals surface area contributed by atoms with Gasteiger partial charge in [0.25, 0.3) is 5.91 Å². The number of pyridine rings is 1. The smallest absolute Gasteiger partial charge is 0.259 e. The van der Waals surface area contributed by atoms with Gasteiger partial charge in [0.05, 0.1) is 17.5 Å². The van der Waals surface area contributed by atoms with E-state index in [1.165, 1.54) is 11.3 Å². The molecule has 2 aromatic heterocycles. The van der Waals surface area contributed by atoms with Crippen molar-refractivity contribution >= 4 is 61.1 Å². The number of carbonyl (C=O) groups excluding carboxylic acids is 3. The quantitative estimate of drug-likeness (QED) is 0.252. The molecule has 3 saturated carbocycles. The summed E-state index contributed by atoms with van der Waals surface area (Å²) in [6, 6.07) is 3.59. The number of anilines is 1. The third-order valence-corrected chi connectivity index (χ3v) is 14.0. The molecule has 6 bridgehead atoms. The van der Waals surface area contributed by atoms with Gasteiger partial charge in [0.2, 0.25) is 27.7 Å². The lowest BCUT2D eigenvalue weighted by atomic mass is 9.83. The van der Waals surface area contributed by atoms with Gasteiger partial charge in [-0.15, -0.1) is 17.9 Å². The van der Waals surface area contributed by atoms with Gasteiger partial charge in [-0.25, -0.2) is 18.4 Å². The van der Waals surface area contributed by atoms with Crippen LogP contribution in [0.25, 0.3) is 16.8 Å². The van der Waals surface area contributed by atoms with Crippen molar-refractivity contribution in [1.29, 1.82) is 0 Å². The minimum absolute atomic E-state index is 0.0185. The number of phenolic OH excluding ortho intramolecular Hbond substituents is 1. The third-order valence-electron chi connectivity index (χ3n) is 11.3. The first-order chi connectivity index (χ1) is 25.5. The molecular formula is C38H44N6O7S2. The van der Waals surface area contributed by atoms with Gasteiger partial charge in [0.15, 0.2) is 5.13 Å². The fourth-order valence-corrected chi connectivity index (χ4v) is 10.2. The molecule has 13 nitrogen and oxygen atoms in total. The van der Waals surface area contributed by atoms with Crippen molar-refractivity contribution in [3.63, 3.8) is 0 Å². The minimum atomic E-state index is -3.87. The molecule has 5 atom stereocenters. The Morgan fingerprint density at radius 3 is 2.74 bits per heavy atom. The number of aromatic hydroxyl groups is 1. The average Bonchev–Trinajstić information content (AvgIpc) is 4.04. The number of carbonyl (C=O) groups is 3. The number of ether oxygens (including phenoxy) is 1. The fourth-order valence-electron chi connectivity index (χ4n) is 8.07. The van der Waals surface area contributed by atoms with Gasteiger partial charge in [-0.3, -0.25) is 19.1 Å². The monoisotopic (exact) mass is 760 g/mol. The number of hydrogen-bond donors (Lipinski definition) is 4. The third kappa shape index (κ3) is 7.12. The Morgan fingerprint density at radius 2 is 1.98 bits per heavy atom. The normalized spacial score (nSPS) is 28.3. The first-order valence-electron chi connectivity index (χ1n) is 18.5. The number of phenols is 1. The number of fused-ring (bicyclic) bond motifs is 5. The molecule has 1 aromatic carbocycles. The van der Waals surface area contributed by atoms with Crippen molar-refractivity contribution < 1.29 is 32.6 Å². The predicted octanol–water partition coefficient (Wildman–Crippen LogP) is 4.43. The summed E-state index contributed by atoms with van der Waals surface area (Å²) in [5.74, 6) is -1.65. The van der Waals surface area contributed by atoms with Crippen molar-refractivity contribution in [3.05, 3.63) is 59.8 Å². The molecule has 4 fully saturated rings. The van der Waals surface area contributed by atoms with E-state index in [0.717, 1.165) is 37.8 Å². The second-order valence-corrected chi connectivity index (χ2v) is 17.8. The number of nitrogens with zero attached hydrogens (tertiary/aromatic N) is 3. The van der Waals surface area contributed by atoms with E-state index in [4.69, 9.17) is 9.72 Å². The van der Waals surface area contributed by atoms with Gasteiger partial charge >= 0.3 is 0 Å². The van der Waals surface area contributed by atoms with Gasteiger partial charge in [-0.1, -0.05) is 37.5 Å². The molecule has 3 aromatic rings. The van der Waals surface area contributed by atoms with Crippen LogP contribution in [0.3, 0.4) is 0 Å². The predicted molar refractivity (Wildman–Crippen MR) is 201 cm³/mol. The molecule has 53 heavy (non-hydrogen) atoms. The maximum absolute atomic E-state index is 14.9. The van der Waals surface area contributed by atoms with E-state index in [9.17, 15) is 27.9 Å². The number of aromatic nitrogens is 2. The van der Waals surface area contributed by atoms with Crippen LogP contribution in [0.1, 0.15) is 75.5 Å². The SMILES string of the molecule is C=C[C@@H]1C[C@]1(NC(=O)[C@@H]1C[C@@H]2CN1C(=O)[C@H](C1CCCCC1)Nc1nc(cs1)CC/C=C/c1cc3c(nccc3cc1O)O2)C(=O)NS(=O)(=O)C1CC1. The molecule has 5 aliphatic rings. The standard InChI is InChI=1S/C38H44N6O7S2/c1-2-25-19-38(25,36(48)43-53(49,50)28-12-13-28)42-33(46)30-18-27-20-44(30)35(47)32(22-8-4-3-5-9-22)41-37-40-26(21-52-37)11-7-6-10-24-16-29-23(17-31(24)45)14-15-39-34(29)51-27/h2,6,10,14-17,21-22,25,27-28,30,32,45H,1,3-5,7-9,11-13,18-20H2,(H,40,41)(H,42,46)(H,43,48)/b10-6+/t25-,27-,30+,32+,38-/m1/s1. The maximum atomic E-state index is 14.9. The Hall–Kier alpha value is -4.50. The number of amides is 3. The molecule has 1 saturated heterocycles. The molecule has 0 radical (unpaired) electrons. The summed E-state index contributed by atoms with van der Waals surface area (Å²) in [6.07, 6.45) is 13.8. The number of benzene rings is 1. The van der Waals surface area contributed by atoms with Gasteiger partial charge in [-0.2, -0.15) is 0 Å². The Morgan fingerprint density at radius 1 is 1.17 bits per heavy atom. The second kappa shape index (κ2) is 14.0. The van der Waals surface area contributed by atoms with Gasteiger partial charge < -0.3 is 25.4 Å². The molecule has 4 heterocycles. The highest BCUT2D eigenvalue weighted by Crippen LogP contribution is 2.46. The van der Waals surface area contributed by atoms with Crippen LogP contribution < -0.4 is 20.1 Å². The first kappa shape index (κ1) is 35.5. The maximum Gasteiger partial charge on any atom is 0.259 e. The van der Waals surface area contributed by atoms with E-state index in [2.05, 4.69) is 26.9 Å². The molecule has 3 amide bonds. The zero-order chi connectivity index (χ0) is 36.9. The fraction of sp³-hybridized carbons (Fsp3) is 0.500. The number of hydrogen-bond acceptors (Lipinski definition) is 11. The van der Waals surface area contributed by atoms with E-state index in [-0.39, 0.29) is 37.0 Å². The van der Waals surface area contributed by atoms with E-state index in [1.54, 1.807) is 29.3 Å². The van der Waals surface area contributed by atoms with Gasteiger partial charge in [-0.05, 0) is 74.4 Å². The first-order valence-corrected chi connectivity index (χ1v) is 20.9. The molecular weight excluding hydrogens is 717 g/mol. The highest BCUT2D eigenvalue weighted by Gasteiger charge is 2.62. The Kier molecular flexibility index (Phi) is 9.42. The average molecular weight is 761 g/mol. The van der Waals surface area contributed by atoms with Crippen molar-refractivity contribution in [3.8, 4) is 11.6 Å². The summed E-state index contributed by atoms with van der Waals surface area (Å²) in [4.78, 5) is 53.8. The topological polar surface area (TPSA) is 180 Å². The number of rotatable bonds is 7. The molecule has 0 spiro atoms. The summed E-state index contributed by atoms with van der Waals surface area (Å²) in [5, 5.41) is 20.5. The van der Waals surface area contributed by atoms with E-state index >= 15 is 0 Å². The lowest BCUT2D eigenvalue weighted by Crippen LogP contribution is -2.58. The Labute approximate surface area is 312 Å².